The summed E-state index contributed by atoms with van der Waals surface area (Å²) < 4.78 is 2.47. The summed E-state index contributed by atoms with van der Waals surface area (Å²) in [6, 6.07) is 67.0. The lowest BCUT2D eigenvalue weighted by Gasteiger charge is -2.13. The molecule has 0 aliphatic carbocycles. The zero-order valence-electron chi connectivity index (χ0n) is 29.6. The molecular formula is C51H31N3S. The minimum atomic E-state index is 0.643. The molecule has 55 heavy (non-hydrogen) atoms. The Hall–Kier alpha value is -7.01. The average Bonchev–Trinajstić information content (AvgIpc) is 3.65. The van der Waals surface area contributed by atoms with E-state index in [0.29, 0.717) is 17.5 Å². The number of benzene rings is 9. The van der Waals surface area contributed by atoms with Crippen LogP contribution in [0.15, 0.2) is 188 Å². The fourth-order valence-electron chi connectivity index (χ4n) is 8.00. The van der Waals surface area contributed by atoms with Crippen LogP contribution in [0.5, 0.6) is 0 Å². The van der Waals surface area contributed by atoms with Crippen LogP contribution in [0.3, 0.4) is 0 Å². The molecule has 0 saturated carbocycles. The molecule has 11 aromatic rings. The molecule has 0 amide bonds. The van der Waals surface area contributed by atoms with Crippen LogP contribution in [0, 0.1) is 0 Å². The highest BCUT2D eigenvalue weighted by Gasteiger charge is 2.18. The second-order valence-electron chi connectivity index (χ2n) is 14.0. The highest BCUT2D eigenvalue weighted by molar-refractivity contribution is 7.25. The molecule has 0 bridgehead atoms. The van der Waals surface area contributed by atoms with Crippen molar-refractivity contribution in [3.63, 3.8) is 0 Å². The van der Waals surface area contributed by atoms with E-state index in [1.54, 1.807) is 11.3 Å². The predicted octanol–water partition coefficient (Wildman–Crippen LogP) is 14.0. The van der Waals surface area contributed by atoms with Crippen molar-refractivity contribution in [1.82, 2.24) is 15.0 Å². The second-order valence-corrected chi connectivity index (χ2v) is 15.1. The number of fused-ring (bicyclic) bond motifs is 7. The monoisotopic (exact) mass is 717 g/mol. The van der Waals surface area contributed by atoms with Crippen LogP contribution in [0.2, 0.25) is 0 Å². The highest BCUT2D eigenvalue weighted by Crippen LogP contribution is 2.40. The second kappa shape index (κ2) is 12.8. The molecule has 2 heterocycles. The third-order valence-electron chi connectivity index (χ3n) is 10.7. The summed E-state index contributed by atoms with van der Waals surface area (Å²) in [6.07, 6.45) is 0. The molecule has 0 unspecified atom stereocenters. The Kier molecular flexibility index (Phi) is 7.35. The third kappa shape index (κ3) is 5.46. The van der Waals surface area contributed by atoms with Crippen LogP contribution in [-0.2, 0) is 0 Å². The van der Waals surface area contributed by atoms with E-state index in [1.807, 2.05) is 0 Å². The zero-order chi connectivity index (χ0) is 36.3. The molecule has 0 aliphatic rings. The van der Waals surface area contributed by atoms with Crippen molar-refractivity contribution in [2.45, 2.75) is 0 Å². The van der Waals surface area contributed by atoms with Crippen LogP contribution >= 0.6 is 11.3 Å². The highest BCUT2D eigenvalue weighted by atomic mass is 32.1. The first-order valence-corrected chi connectivity index (χ1v) is 19.3. The van der Waals surface area contributed by atoms with Gasteiger partial charge in [0.2, 0.25) is 0 Å². The minimum Gasteiger partial charge on any atom is -0.208 e. The van der Waals surface area contributed by atoms with Gasteiger partial charge in [-0.2, -0.15) is 0 Å². The maximum absolute atomic E-state index is 5.29. The molecule has 3 nitrogen and oxygen atoms in total. The number of aromatic nitrogens is 3. The van der Waals surface area contributed by atoms with E-state index in [2.05, 4.69) is 188 Å². The van der Waals surface area contributed by atoms with Crippen LogP contribution in [0.4, 0.5) is 0 Å². The van der Waals surface area contributed by atoms with Crippen molar-refractivity contribution in [3.05, 3.63) is 188 Å². The Bertz CT molecular complexity index is 3270. The van der Waals surface area contributed by atoms with Gasteiger partial charge in [0.15, 0.2) is 17.5 Å². The lowest BCUT2D eigenvalue weighted by molar-refractivity contribution is 1.08. The normalized spacial score (nSPS) is 11.6. The van der Waals surface area contributed by atoms with Crippen molar-refractivity contribution >= 4 is 63.8 Å². The summed E-state index contributed by atoms with van der Waals surface area (Å²) in [5.74, 6) is 1.96. The number of hydrogen-bond acceptors (Lipinski definition) is 4. The Morgan fingerprint density at radius 2 is 0.855 bits per heavy atom. The molecule has 256 valence electrons. The number of rotatable bonds is 5. The summed E-state index contributed by atoms with van der Waals surface area (Å²) in [4.78, 5) is 15.8. The quantitative estimate of drug-likeness (QED) is 0.166. The van der Waals surface area contributed by atoms with Gasteiger partial charge in [-0.05, 0) is 78.8 Å². The van der Waals surface area contributed by atoms with Gasteiger partial charge < -0.3 is 0 Å². The predicted molar refractivity (Wildman–Crippen MR) is 232 cm³/mol. The Balaban J connectivity index is 1.07. The minimum absolute atomic E-state index is 0.643. The van der Waals surface area contributed by atoms with Crippen molar-refractivity contribution in [1.29, 1.82) is 0 Å². The van der Waals surface area contributed by atoms with Gasteiger partial charge in [0.25, 0.3) is 0 Å². The number of thiophene rings is 1. The summed E-state index contributed by atoms with van der Waals surface area (Å²) >= 11 is 1.80. The van der Waals surface area contributed by atoms with Gasteiger partial charge in [-0.1, -0.05) is 164 Å². The summed E-state index contributed by atoms with van der Waals surface area (Å²) in [5, 5.41) is 9.60. The van der Waals surface area contributed by atoms with E-state index < -0.39 is 0 Å². The molecule has 4 heteroatoms. The van der Waals surface area contributed by atoms with Crippen LogP contribution < -0.4 is 0 Å². The molecule has 0 N–H and O–H groups in total. The van der Waals surface area contributed by atoms with Crippen molar-refractivity contribution in [2.24, 2.45) is 0 Å². The lowest BCUT2D eigenvalue weighted by atomic mass is 9.97. The topological polar surface area (TPSA) is 38.7 Å². The fourth-order valence-corrected chi connectivity index (χ4v) is 9.14. The molecule has 9 aromatic carbocycles. The molecule has 0 radical (unpaired) electrons. The SMILES string of the molecule is c1cc(-c2ccc(-c3ccc4ccccc4c3)cc2)cc(-c2nc(-c3cccc4c3ccc3ccccc34)nc(-c3cccc4sc5ccccc5c34)n2)c1. The van der Waals surface area contributed by atoms with Gasteiger partial charge >= 0.3 is 0 Å². The molecule has 0 fully saturated rings. The zero-order valence-corrected chi connectivity index (χ0v) is 30.5. The van der Waals surface area contributed by atoms with E-state index in [9.17, 15) is 0 Å². The standard InChI is InChI=1S/C51H31N3S/c1-2-12-36-30-38(27-26-32(36)10-1)34-24-22-33(23-25-34)37-13-7-14-39(31-37)49-52-50(43-18-8-17-41-40-15-4-3-11-35(40)28-29-42(41)43)54-51(53-49)45-19-9-21-47-48(45)44-16-5-6-20-46(44)55-47/h1-31H. The van der Waals surface area contributed by atoms with Gasteiger partial charge in [-0.3, -0.25) is 0 Å². The molecule has 0 spiro atoms. The smallest absolute Gasteiger partial charge is 0.164 e. The molecule has 0 saturated heterocycles. The Morgan fingerprint density at radius 3 is 1.71 bits per heavy atom. The first-order valence-electron chi connectivity index (χ1n) is 18.5. The first kappa shape index (κ1) is 31.5. The van der Waals surface area contributed by atoms with Crippen molar-refractivity contribution < 1.29 is 0 Å². The summed E-state index contributed by atoms with van der Waals surface area (Å²) in [7, 11) is 0. The van der Waals surface area contributed by atoms with Crippen molar-refractivity contribution in [2.75, 3.05) is 0 Å². The van der Waals surface area contributed by atoms with Gasteiger partial charge in [-0.15, -0.1) is 11.3 Å². The Morgan fingerprint density at radius 1 is 0.291 bits per heavy atom. The van der Waals surface area contributed by atoms with Crippen LogP contribution in [-0.4, -0.2) is 15.0 Å². The first-order chi connectivity index (χ1) is 27.2. The number of nitrogens with zero attached hydrogens (tertiary/aromatic N) is 3. The average molecular weight is 718 g/mol. The lowest BCUT2D eigenvalue weighted by Crippen LogP contribution is -2.01. The molecule has 0 atom stereocenters. The van der Waals surface area contributed by atoms with E-state index >= 15 is 0 Å². The third-order valence-corrected chi connectivity index (χ3v) is 11.9. The van der Waals surface area contributed by atoms with E-state index in [4.69, 9.17) is 15.0 Å². The number of hydrogen-bond donors (Lipinski definition) is 0. The Labute approximate surface area is 321 Å². The largest absolute Gasteiger partial charge is 0.208 e. The molecule has 11 rings (SSSR count). The summed E-state index contributed by atoms with van der Waals surface area (Å²) in [6.45, 7) is 0. The van der Waals surface area contributed by atoms with Crippen LogP contribution in [0.1, 0.15) is 0 Å². The fraction of sp³-hybridized carbons (Fsp3) is 0. The molecular weight excluding hydrogens is 687 g/mol. The molecule has 0 aliphatic heterocycles. The summed E-state index contributed by atoms with van der Waals surface area (Å²) in [5.41, 5.74) is 7.57. The van der Waals surface area contributed by atoms with E-state index in [0.717, 1.165) is 33.2 Å². The van der Waals surface area contributed by atoms with Gasteiger partial charge in [0.05, 0.1) is 0 Å². The van der Waals surface area contributed by atoms with Gasteiger partial charge in [0.1, 0.15) is 0 Å². The van der Waals surface area contributed by atoms with E-state index in [-0.39, 0.29) is 0 Å². The van der Waals surface area contributed by atoms with E-state index in [1.165, 1.54) is 58.2 Å². The van der Waals surface area contributed by atoms with Gasteiger partial charge in [0, 0.05) is 36.9 Å². The molecule has 2 aromatic heterocycles. The van der Waals surface area contributed by atoms with Crippen LogP contribution in [0.25, 0.3) is 109 Å². The maximum Gasteiger partial charge on any atom is 0.164 e. The maximum atomic E-state index is 5.29. The van der Waals surface area contributed by atoms with Crippen molar-refractivity contribution in [3.8, 4) is 56.4 Å². The van der Waals surface area contributed by atoms with Gasteiger partial charge in [-0.25, -0.2) is 15.0 Å².